The average molecular weight is 395 g/mol. The first-order valence-electron chi connectivity index (χ1n) is 9.80. The van der Waals surface area contributed by atoms with Gasteiger partial charge in [0.1, 0.15) is 5.75 Å². The van der Waals surface area contributed by atoms with Gasteiger partial charge in [0.15, 0.2) is 0 Å². The molecular formula is C20H31ClN4O2. The molecule has 0 unspecified atom stereocenters. The summed E-state index contributed by atoms with van der Waals surface area (Å²) in [5.41, 5.74) is 1.12. The molecule has 0 aliphatic carbocycles. The van der Waals surface area contributed by atoms with Crippen molar-refractivity contribution in [2.45, 2.75) is 19.9 Å². The first-order valence-corrected chi connectivity index (χ1v) is 10.2. The van der Waals surface area contributed by atoms with Crippen molar-refractivity contribution in [1.82, 2.24) is 14.7 Å². The average Bonchev–Trinajstić information content (AvgIpc) is 2.69. The van der Waals surface area contributed by atoms with E-state index in [0.29, 0.717) is 23.4 Å². The van der Waals surface area contributed by atoms with Gasteiger partial charge in [-0.2, -0.15) is 0 Å². The van der Waals surface area contributed by atoms with Crippen molar-refractivity contribution >= 4 is 23.2 Å². The van der Waals surface area contributed by atoms with Gasteiger partial charge >= 0.3 is 0 Å². The van der Waals surface area contributed by atoms with Crippen LogP contribution in [0.4, 0.5) is 5.69 Å². The Morgan fingerprint density at radius 3 is 2.33 bits per heavy atom. The molecule has 2 fully saturated rings. The Hall–Kier alpha value is -1.50. The maximum atomic E-state index is 12.6. The smallest absolute Gasteiger partial charge is 0.236 e. The molecule has 3 rings (SSSR count). The third-order valence-corrected chi connectivity index (χ3v) is 5.94. The zero-order valence-corrected chi connectivity index (χ0v) is 17.4. The van der Waals surface area contributed by atoms with E-state index in [-0.39, 0.29) is 5.91 Å². The summed E-state index contributed by atoms with van der Waals surface area (Å²) in [6.07, 6.45) is 0. The van der Waals surface area contributed by atoms with Crippen molar-refractivity contribution in [2.75, 3.05) is 70.9 Å². The fourth-order valence-electron chi connectivity index (χ4n) is 3.79. The fraction of sp³-hybridized carbons (Fsp3) is 0.650. The van der Waals surface area contributed by atoms with Crippen molar-refractivity contribution in [2.24, 2.45) is 0 Å². The largest absolute Gasteiger partial charge is 0.495 e. The lowest BCUT2D eigenvalue weighted by Crippen LogP contribution is -2.54. The van der Waals surface area contributed by atoms with Crippen molar-refractivity contribution < 1.29 is 9.53 Å². The Labute approximate surface area is 167 Å². The van der Waals surface area contributed by atoms with Gasteiger partial charge < -0.3 is 14.5 Å². The zero-order valence-electron chi connectivity index (χ0n) is 16.7. The molecule has 0 saturated carbocycles. The lowest BCUT2D eigenvalue weighted by molar-refractivity contribution is -0.134. The summed E-state index contributed by atoms with van der Waals surface area (Å²) in [5, 5.41) is 0.628. The maximum absolute atomic E-state index is 12.6. The maximum Gasteiger partial charge on any atom is 0.236 e. The van der Waals surface area contributed by atoms with Crippen LogP contribution in [0.15, 0.2) is 18.2 Å². The van der Waals surface area contributed by atoms with Gasteiger partial charge in [0.25, 0.3) is 0 Å². The van der Waals surface area contributed by atoms with E-state index >= 15 is 0 Å². The lowest BCUT2D eigenvalue weighted by Gasteiger charge is -2.39. The number of hydrogen-bond acceptors (Lipinski definition) is 5. The van der Waals surface area contributed by atoms with Gasteiger partial charge in [-0.15, -0.1) is 0 Å². The molecule has 1 aromatic carbocycles. The quantitative estimate of drug-likeness (QED) is 0.764. The molecule has 2 heterocycles. The summed E-state index contributed by atoms with van der Waals surface area (Å²) < 4.78 is 5.32. The van der Waals surface area contributed by atoms with Crippen molar-refractivity contribution in [3.8, 4) is 5.75 Å². The molecule has 0 spiro atoms. The summed E-state index contributed by atoms with van der Waals surface area (Å²) in [6.45, 7) is 12.2. The van der Waals surface area contributed by atoms with E-state index in [2.05, 4.69) is 28.5 Å². The molecule has 2 saturated heterocycles. The Kier molecular flexibility index (Phi) is 6.84. The Balaban J connectivity index is 1.46. The first-order chi connectivity index (χ1) is 13.0. The number of halogens is 1. The normalized spacial score (nSPS) is 19.6. The van der Waals surface area contributed by atoms with Gasteiger partial charge in [-0.3, -0.25) is 14.6 Å². The van der Waals surface area contributed by atoms with E-state index in [1.54, 1.807) is 7.11 Å². The molecule has 2 aliphatic heterocycles. The third kappa shape index (κ3) is 5.06. The number of ether oxygens (including phenoxy) is 1. The topological polar surface area (TPSA) is 39.3 Å². The van der Waals surface area contributed by atoms with E-state index in [9.17, 15) is 4.79 Å². The highest BCUT2D eigenvalue weighted by atomic mass is 35.5. The molecule has 1 amide bonds. The first kappa shape index (κ1) is 20.2. The summed E-state index contributed by atoms with van der Waals surface area (Å²) in [4.78, 5) is 21.7. The van der Waals surface area contributed by atoms with Crippen LogP contribution >= 0.6 is 11.6 Å². The molecule has 27 heavy (non-hydrogen) atoms. The van der Waals surface area contributed by atoms with Crippen molar-refractivity contribution in [3.63, 3.8) is 0 Å². The van der Waals surface area contributed by atoms with E-state index in [4.69, 9.17) is 16.3 Å². The zero-order chi connectivity index (χ0) is 19.4. The number of amides is 1. The van der Waals surface area contributed by atoms with Crippen LogP contribution in [0.25, 0.3) is 0 Å². The van der Waals surface area contributed by atoms with E-state index in [0.717, 1.165) is 58.0 Å². The molecular weight excluding hydrogens is 364 g/mol. The van der Waals surface area contributed by atoms with E-state index < -0.39 is 0 Å². The van der Waals surface area contributed by atoms with Crippen LogP contribution < -0.4 is 9.64 Å². The number of carbonyl (C=O) groups is 1. The second-order valence-corrected chi connectivity index (χ2v) is 8.00. The number of benzene rings is 1. The number of nitrogens with zero attached hydrogens (tertiary/aromatic N) is 4. The highest BCUT2D eigenvalue weighted by Crippen LogP contribution is 2.29. The van der Waals surface area contributed by atoms with Crippen LogP contribution in [0.1, 0.15) is 13.8 Å². The molecule has 1 aromatic rings. The van der Waals surface area contributed by atoms with E-state index in [1.165, 1.54) is 0 Å². The number of rotatable bonds is 5. The third-order valence-electron chi connectivity index (χ3n) is 5.63. The van der Waals surface area contributed by atoms with Crippen LogP contribution in [0.3, 0.4) is 0 Å². The van der Waals surface area contributed by atoms with Crippen LogP contribution in [0.2, 0.25) is 5.02 Å². The predicted molar refractivity (Wildman–Crippen MR) is 110 cm³/mol. The Bertz CT molecular complexity index is 639. The lowest BCUT2D eigenvalue weighted by atomic mass is 10.2. The Morgan fingerprint density at radius 2 is 1.74 bits per heavy atom. The fourth-order valence-corrected chi connectivity index (χ4v) is 3.98. The van der Waals surface area contributed by atoms with Gasteiger partial charge in [0.05, 0.1) is 18.7 Å². The predicted octanol–water partition coefficient (Wildman–Crippen LogP) is 2.02. The van der Waals surface area contributed by atoms with Gasteiger partial charge in [0, 0.05) is 70.2 Å². The molecule has 0 radical (unpaired) electrons. The number of methoxy groups -OCH3 is 1. The summed E-state index contributed by atoms with van der Waals surface area (Å²) in [5.74, 6) is 0.965. The van der Waals surface area contributed by atoms with Crippen LogP contribution in [0, 0.1) is 0 Å². The SMILES string of the molecule is COc1cc(N2CCN(CC(=O)N3CCN(C(C)C)CC3)CC2)ccc1Cl. The van der Waals surface area contributed by atoms with Crippen molar-refractivity contribution in [3.05, 3.63) is 23.2 Å². The second kappa shape index (κ2) is 9.13. The van der Waals surface area contributed by atoms with Gasteiger partial charge in [-0.05, 0) is 26.0 Å². The minimum atomic E-state index is 0.264. The number of piperazine rings is 2. The van der Waals surface area contributed by atoms with Crippen LogP contribution in [0.5, 0.6) is 5.75 Å². The monoisotopic (exact) mass is 394 g/mol. The van der Waals surface area contributed by atoms with Gasteiger partial charge in [-0.25, -0.2) is 0 Å². The van der Waals surface area contributed by atoms with Gasteiger partial charge in [-0.1, -0.05) is 11.6 Å². The summed E-state index contributed by atoms with van der Waals surface area (Å²) in [6, 6.07) is 6.45. The molecule has 0 atom stereocenters. The van der Waals surface area contributed by atoms with Crippen LogP contribution in [-0.4, -0.2) is 92.7 Å². The number of anilines is 1. The summed E-state index contributed by atoms with van der Waals surface area (Å²) in [7, 11) is 1.63. The highest BCUT2D eigenvalue weighted by molar-refractivity contribution is 6.32. The Morgan fingerprint density at radius 1 is 1.07 bits per heavy atom. The standard InChI is InChI=1S/C20H31ClN4O2/c1-16(2)23-10-12-25(13-11-23)20(26)15-22-6-8-24(9-7-22)17-4-5-18(21)19(14-17)27-3/h4-5,14,16H,6-13,15H2,1-3H3. The molecule has 150 valence electrons. The molecule has 7 heteroatoms. The molecule has 2 aliphatic rings. The minimum Gasteiger partial charge on any atom is -0.495 e. The summed E-state index contributed by atoms with van der Waals surface area (Å²) >= 11 is 6.12. The van der Waals surface area contributed by atoms with Crippen molar-refractivity contribution in [1.29, 1.82) is 0 Å². The van der Waals surface area contributed by atoms with E-state index in [1.807, 2.05) is 23.1 Å². The molecule has 0 bridgehead atoms. The second-order valence-electron chi connectivity index (χ2n) is 7.59. The molecule has 0 N–H and O–H groups in total. The number of carbonyl (C=O) groups excluding carboxylic acids is 1. The number of hydrogen-bond donors (Lipinski definition) is 0. The molecule has 6 nitrogen and oxygen atoms in total. The van der Waals surface area contributed by atoms with Crippen LogP contribution in [-0.2, 0) is 4.79 Å². The minimum absolute atomic E-state index is 0.264. The highest BCUT2D eigenvalue weighted by Gasteiger charge is 2.25. The van der Waals surface area contributed by atoms with Gasteiger partial charge in [0.2, 0.25) is 5.91 Å². The molecule has 0 aromatic heterocycles.